The maximum absolute atomic E-state index is 11.0. The lowest BCUT2D eigenvalue weighted by molar-refractivity contribution is -0.145. The van der Waals surface area contributed by atoms with Crippen molar-refractivity contribution in [3.63, 3.8) is 0 Å². The second-order valence-corrected chi connectivity index (χ2v) is 3.27. The molecular formula is C8H14O3. The van der Waals surface area contributed by atoms with Crippen LogP contribution in [0.5, 0.6) is 0 Å². The molecule has 1 aliphatic rings. The smallest absolute Gasteiger partial charge is 0.338 e. The van der Waals surface area contributed by atoms with Gasteiger partial charge in [-0.2, -0.15) is 0 Å². The van der Waals surface area contributed by atoms with Crippen LogP contribution >= 0.6 is 0 Å². The van der Waals surface area contributed by atoms with Gasteiger partial charge < -0.3 is 9.47 Å². The van der Waals surface area contributed by atoms with E-state index in [4.69, 9.17) is 9.47 Å². The minimum absolute atomic E-state index is 0.225. The van der Waals surface area contributed by atoms with Gasteiger partial charge in [-0.25, -0.2) is 4.79 Å². The van der Waals surface area contributed by atoms with Crippen LogP contribution in [-0.2, 0) is 14.3 Å². The van der Waals surface area contributed by atoms with E-state index in [1.165, 1.54) is 0 Å². The van der Waals surface area contributed by atoms with Gasteiger partial charge >= 0.3 is 5.97 Å². The maximum atomic E-state index is 11.0. The van der Waals surface area contributed by atoms with E-state index in [0.29, 0.717) is 6.61 Å². The predicted octanol–water partition coefficient (Wildman–Crippen LogP) is 1.12. The molecule has 3 nitrogen and oxygen atoms in total. The van der Waals surface area contributed by atoms with Crippen LogP contribution in [0.3, 0.4) is 0 Å². The SMILES string of the molecule is CCCOC(=O)C1OC1(C)C. The predicted molar refractivity (Wildman–Crippen MR) is 40.2 cm³/mol. The standard InChI is InChI=1S/C8H14O3/c1-4-5-10-7(9)6-8(2,3)11-6/h6H,4-5H2,1-3H3. The van der Waals surface area contributed by atoms with Gasteiger partial charge in [-0.05, 0) is 20.3 Å². The molecule has 3 heteroatoms. The van der Waals surface area contributed by atoms with Crippen molar-refractivity contribution < 1.29 is 14.3 Å². The fraction of sp³-hybridized carbons (Fsp3) is 0.875. The van der Waals surface area contributed by atoms with E-state index in [9.17, 15) is 4.79 Å². The number of epoxide rings is 1. The molecule has 0 bridgehead atoms. The van der Waals surface area contributed by atoms with Gasteiger partial charge in [0.2, 0.25) is 0 Å². The Balaban J connectivity index is 2.23. The molecule has 0 spiro atoms. The molecule has 1 rings (SSSR count). The monoisotopic (exact) mass is 158 g/mol. The first-order valence-electron chi connectivity index (χ1n) is 3.92. The van der Waals surface area contributed by atoms with Crippen molar-refractivity contribution >= 4 is 5.97 Å². The van der Waals surface area contributed by atoms with Crippen LogP contribution in [-0.4, -0.2) is 24.3 Å². The molecule has 1 saturated heterocycles. The van der Waals surface area contributed by atoms with Gasteiger partial charge in [0.15, 0.2) is 6.10 Å². The first-order chi connectivity index (χ1) is 5.08. The van der Waals surface area contributed by atoms with E-state index in [0.717, 1.165) is 6.42 Å². The maximum Gasteiger partial charge on any atom is 0.338 e. The summed E-state index contributed by atoms with van der Waals surface area (Å²) >= 11 is 0. The zero-order valence-electron chi connectivity index (χ0n) is 7.22. The minimum atomic E-state index is -0.325. The number of carbonyl (C=O) groups is 1. The van der Waals surface area contributed by atoms with Gasteiger partial charge in [-0.15, -0.1) is 0 Å². The van der Waals surface area contributed by atoms with Gasteiger partial charge in [0, 0.05) is 0 Å². The van der Waals surface area contributed by atoms with Crippen LogP contribution in [0, 0.1) is 0 Å². The summed E-state index contributed by atoms with van der Waals surface area (Å²) in [5.41, 5.74) is -0.287. The van der Waals surface area contributed by atoms with Crippen LogP contribution in [0.1, 0.15) is 27.2 Å². The van der Waals surface area contributed by atoms with E-state index in [1.54, 1.807) is 0 Å². The van der Waals surface area contributed by atoms with E-state index in [-0.39, 0.29) is 17.7 Å². The van der Waals surface area contributed by atoms with Crippen molar-refractivity contribution in [3.05, 3.63) is 0 Å². The molecule has 64 valence electrons. The summed E-state index contributed by atoms with van der Waals surface area (Å²) in [6.07, 6.45) is 0.535. The largest absolute Gasteiger partial charge is 0.464 e. The fourth-order valence-corrected chi connectivity index (χ4v) is 0.880. The quantitative estimate of drug-likeness (QED) is 0.456. The highest BCUT2D eigenvalue weighted by atomic mass is 16.7. The molecule has 0 aromatic carbocycles. The average molecular weight is 158 g/mol. The lowest BCUT2D eigenvalue weighted by atomic mass is 10.1. The highest BCUT2D eigenvalue weighted by Gasteiger charge is 2.54. The van der Waals surface area contributed by atoms with Gasteiger partial charge in [0.1, 0.15) is 5.60 Å². The van der Waals surface area contributed by atoms with Crippen LogP contribution < -0.4 is 0 Å². The second kappa shape index (κ2) is 2.81. The zero-order valence-corrected chi connectivity index (χ0v) is 7.22. The normalized spacial score (nSPS) is 26.3. The Kier molecular flexibility index (Phi) is 2.18. The Morgan fingerprint density at radius 2 is 2.18 bits per heavy atom. The van der Waals surface area contributed by atoms with E-state index < -0.39 is 0 Å². The number of rotatable bonds is 3. The molecule has 1 heterocycles. The Morgan fingerprint density at radius 1 is 1.64 bits per heavy atom. The van der Waals surface area contributed by atoms with Gasteiger partial charge in [0.05, 0.1) is 6.61 Å². The lowest BCUT2D eigenvalue weighted by Crippen LogP contribution is -2.17. The molecule has 0 aliphatic carbocycles. The van der Waals surface area contributed by atoms with Crippen molar-refractivity contribution in [2.45, 2.75) is 38.9 Å². The Hall–Kier alpha value is -0.570. The summed E-state index contributed by atoms with van der Waals surface area (Å²) in [7, 11) is 0. The second-order valence-electron chi connectivity index (χ2n) is 3.27. The summed E-state index contributed by atoms with van der Waals surface area (Å²) in [4.78, 5) is 11.0. The highest BCUT2D eigenvalue weighted by molar-refractivity contribution is 5.79. The molecule has 0 radical (unpaired) electrons. The minimum Gasteiger partial charge on any atom is -0.464 e. The number of ether oxygens (including phenoxy) is 2. The summed E-state index contributed by atoms with van der Waals surface area (Å²) in [6.45, 7) is 6.22. The summed E-state index contributed by atoms with van der Waals surface area (Å²) in [5.74, 6) is -0.225. The van der Waals surface area contributed by atoms with Crippen LogP contribution in [0.4, 0.5) is 0 Å². The summed E-state index contributed by atoms with van der Waals surface area (Å²) < 4.78 is 9.98. The molecule has 0 N–H and O–H groups in total. The van der Waals surface area contributed by atoms with Crippen molar-refractivity contribution in [2.24, 2.45) is 0 Å². The number of esters is 1. The highest BCUT2D eigenvalue weighted by Crippen LogP contribution is 2.35. The van der Waals surface area contributed by atoms with E-state index >= 15 is 0 Å². The Labute approximate surface area is 66.7 Å². The molecule has 1 aliphatic heterocycles. The molecular weight excluding hydrogens is 144 g/mol. The lowest BCUT2D eigenvalue weighted by Gasteiger charge is -1.99. The Morgan fingerprint density at radius 3 is 2.55 bits per heavy atom. The van der Waals surface area contributed by atoms with Gasteiger partial charge in [-0.1, -0.05) is 6.92 Å². The molecule has 1 unspecified atom stereocenters. The van der Waals surface area contributed by atoms with Crippen molar-refractivity contribution in [3.8, 4) is 0 Å². The fourth-order valence-electron chi connectivity index (χ4n) is 0.880. The molecule has 0 saturated carbocycles. The summed E-state index contributed by atoms with van der Waals surface area (Å²) in [6, 6.07) is 0. The molecule has 11 heavy (non-hydrogen) atoms. The number of hydrogen-bond acceptors (Lipinski definition) is 3. The molecule has 1 atom stereocenters. The van der Waals surface area contributed by atoms with Crippen molar-refractivity contribution in [1.29, 1.82) is 0 Å². The average Bonchev–Trinajstić information content (AvgIpc) is 2.55. The molecule has 0 aromatic heterocycles. The van der Waals surface area contributed by atoms with Crippen LogP contribution in [0.2, 0.25) is 0 Å². The van der Waals surface area contributed by atoms with E-state index in [1.807, 2.05) is 20.8 Å². The van der Waals surface area contributed by atoms with Crippen molar-refractivity contribution in [1.82, 2.24) is 0 Å². The third kappa shape index (κ3) is 1.93. The molecule has 1 fully saturated rings. The first-order valence-corrected chi connectivity index (χ1v) is 3.92. The van der Waals surface area contributed by atoms with Crippen molar-refractivity contribution in [2.75, 3.05) is 6.61 Å². The van der Waals surface area contributed by atoms with Crippen LogP contribution in [0.25, 0.3) is 0 Å². The van der Waals surface area contributed by atoms with Gasteiger partial charge in [-0.3, -0.25) is 0 Å². The summed E-state index contributed by atoms with van der Waals surface area (Å²) in [5, 5.41) is 0. The van der Waals surface area contributed by atoms with Gasteiger partial charge in [0.25, 0.3) is 0 Å². The third-order valence-corrected chi connectivity index (χ3v) is 1.66. The topological polar surface area (TPSA) is 38.8 Å². The zero-order chi connectivity index (χ0) is 8.48. The number of carbonyl (C=O) groups excluding carboxylic acids is 1. The first kappa shape index (κ1) is 8.53. The third-order valence-electron chi connectivity index (χ3n) is 1.66. The molecule has 0 amide bonds. The Bertz CT molecular complexity index is 163. The van der Waals surface area contributed by atoms with E-state index in [2.05, 4.69) is 0 Å². The van der Waals surface area contributed by atoms with Crippen LogP contribution in [0.15, 0.2) is 0 Å². The number of hydrogen-bond donors (Lipinski definition) is 0. The molecule has 0 aromatic rings.